The highest BCUT2D eigenvalue weighted by molar-refractivity contribution is 7.99. The first-order valence-electron chi connectivity index (χ1n) is 10.4. The molecule has 0 unspecified atom stereocenters. The summed E-state index contributed by atoms with van der Waals surface area (Å²) in [5.41, 5.74) is 7.45. The zero-order chi connectivity index (χ0) is 23.1. The largest absolute Gasteiger partial charge is 0.325 e. The Hall–Kier alpha value is -3.36. The summed E-state index contributed by atoms with van der Waals surface area (Å²) < 4.78 is 3.65. The zero-order valence-corrected chi connectivity index (χ0v) is 19.9. The van der Waals surface area contributed by atoms with Crippen molar-refractivity contribution in [2.45, 2.75) is 25.9 Å². The van der Waals surface area contributed by atoms with Crippen molar-refractivity contribution < 1.29 is 4.79 Å². The Morgan fingerprint density at radius 3 is 2.48 bits per heavy atom. The molecule has 0 atom stereocenters. The Kier molecular flexibility index (Phi) is 5.55. The van der Waals surface area contributed by atoms with E-state index in [1.54, 1.807) is 4.52 Å². The molecule has 0 bridgehead atoms. The summed E-state index contributed by atoms with van der Waals surface area (Å²) in [6.07, 6.45) is 3.71. The van der Waals surface area contributed by atoms with Crippen molar-refractivity contribution in [3.8, 4) is 11.3 Å². The van der Waals surface area contributed by atoms with E-state index < -0.39 is 0 Å². The molecule has 0 aliphatic carbocycles. The molecule has 166 valence electrons. The Bertz CT molecular complexity index is 1480. The van der Waals surface area contributed by atoms with Gasteiger partial charge in [0.05, 0.1) is 11.4 Å². The monoisotopic (exact) mass is 476 g/mol. The molecule has 5 rings (SSSR count). The van der Waals surface area contributed by atoms with Gasteiger partial charge in [0.1, 0.15) is 5.52 Å². The van der Waals surface area contributed by atoms with Crippen LogP contribution in [0.25, 0.3) is 22.4 Å². The third-order valence-corrected chi connectivity index (χ3v) is 6.60. The lowest BCUT2D eigenvalue weighted by Gasteiger charge is -2.12. The van der Waals surface area contributed by atoms with Gasteiger partial charge in [-0.2, -0.15) is 5.10 Å². The third kappa shape index (κ3) is 4.19. The molecule has 1 N–H and O–H groups in total. The molecule has 5 aromatic rings. The number of nitrogens with one attached hydrogen (secondary N) is 1. The molecule has 9 heteroatoms. The molecule has 2 aromatic carbocycles. The van der Waals surface area contributed by atoms with E-state index in [1.807, 2.05) is 67.9 Å². The molecule has 33 heavy (non-hydrogen) atoms. The number of hydrogen-bond donors (Lipinski definition) is 1. The topological polar surface area (TPSA) is 76.6 Å². The molecule has 0 radical (unpaired) electrons. The van der Waals surface area contributed by atoms with Crippen molar-refractivity contribution in [1.82, 2.24) is 24.2 Å². The maximum Gasteiger partial charge on any atom is 0.234 e. The molecule has 3 aromatic heterocycles. The van der Waals surface area contributed by atoms with E-state index in [9.17, 15) is 4.79 Å². The van der Waals surface area contributed by atoms with Crippen LogP contribution < -0.4 is 5.32 Å². The molecule has 0 saturated heterocycles. The molecule has 3 heterocycles. The number of halogens is 1. The van der Waals surface area contributed by atoms with Crippen LogP contribution in [0.1, 0.15) is 16.7 Å². The molecule has 0 spiro atoms. The molecule has 0 aliphatic heterocycles. The van der Waals surface area contributed by atoms with Gasteiger partial charge in [-0.25, -0.2) is 4.52 Å². The summed E-state index contributed by atoms with van der Waals surface area (Å²) in [6, 6.07) is 13.6. The summed E-state index contributed by atoms with van der Waals surface area (Å²) in [7, 11) is 0. The number of anilines is 1. The predicted molar refractivity (Wildman–Crippen MR) is 132 cm³/mol. The predicted octanol–water partition coefficient (Wildman–Crippen LogP) is 5.35. The van der Waals surface area contributed by atoms with Crippen molar-refractivity contribution in [3.63, 3.8) is 0 Å². The third-order valence-electron chi connectivity index (χ3n) is 5.40. The van der Waals surface area contributed by atoms with Crippen LogP contribution in [0.4, 0.5) is 5.69 Å². The highest BCUT2D eigenvalue weighted by atomic mass is 35.5. The Morgan fingerprint density at radius 1 is 1.03 bits per heavy atom. The van der Waals surface area contributed by atoms with E-state index in [0.29, 0.717) is 15.8 Å². The number of rotatable bonds is 5. The standard InChI is InChI=1S/C24H21ClN6OS/c1-14-10-15(2)22(16(3)11-14)26-21(32)13-33-24-28-27-23-20-12-19(17-4-6-18(25)7-5-17)29-31(20)9-8-30(23)24/h4-12H,13H2,1-3H3,(H,26,32). The van der Waals surface area contributed by atoms with E-state index in [-0.39, 0.29) is 11.7 Å². The highest BCUT2D eigenvalue weighted by Gasteiger charge is 2.15. The van der Waals surface area contributed by atoms with Gasteiger partial charge in [0.25, 0.3) is 0 Å². The molecule has 7 nitrogen and oxygen atoms in total. The van der Waals surface area contributed by atoms with E-state index in [0.717, 1.165) is 33.6 Å². The average molecular weight is 477 g/mol. The first kappa shape index (κ1) is 21.5. The Labute approximate surface area is 199 Å². The SMILES string of the molecule is Cc1cc(C)c(NC(=O)CSc2nnc3c4cc(-c5ccc(Cl)cc5)nn4ccn23)c(C)c1. The van der Waals surface area contributed by atoms with Crippen molar-refractivity contribution in [3.05, 3.63) is 76.6 Å². The second-order valence-electron chi connectivity index (χ2n) is 7.95. The van der Waals surface area contributed by atoms with Crippen LogP contribution in [0.3, 0.4) is 0 Å². The minimum Gasteiger partial charge on any atom is -0.325 e. The van der Waals surface area contributed by atoms with Gasteiger partial charge in [-0.05, 0) is 50.1 Å². The number of hydrogen-bond acceptors (Lipinski definition) is 5. The number of aromatic nitrogens is 5. The van der Waals surface area contributed by atoms with Crippen LogP contribution in [0.15, 0.2) is 60.0 Å². The summed E-state index contributed by atoms with van der Waals surface area (Å²) in [4.78, 5) is 12.6. The van der Waals surface area contributed by atoms with Gasteiger partial charge in [0, 0.05) is 28.7 Å². The lowest BCUT2D eigenvalue weighted by molar-refractivity contribution is -0.113. The Morgan fingerprint density at radius 2 is 1.76 bits per heavy atom. The number of fused-ring (bicyclic) bond motifs is 3. The smallest absolute Gasteiger partial charge is 0.234 e. The Balaban J connectivity index is 1.36. The number of amides is 1. The number of benzene rings is 2. The maximum absolute atomic E-state index is 12.6. The maximum atomic E-state index is 12.6. The minimum atomic E-state index is -0.0812. The number of aryl methyl sites for hydroxylation is 3. The molecular formula is C24H21ClN6OS. The number of thioether (sulfide) groups is 1. The van der Waals surface area contributed by atoms with Gasteiger partial charge in [0.2, 0.25) is 5.91 Å². The fourth-order valence-corrected chi connectivity index (χ4v) is 4.78. The van der Waals surface area contributed by atoms with Gasteiger partial charge in [-0.3, -0.25) is 9.20 Å². The van der Waals surface area contributed by atoms with Crippen molar-refractivity contribution in [2.24, 2.45) is 0 Å². The van der Waals surface area contributed by atoms with Crippen LogP contribution in [-0.4, -0.2) is 35.9 Å². The number of nitrogens with zero attached hydrogens (tertiary/aromatic N) is 5. The summed E-state index contributed by atoms with van der Waals surface area (Å²) in [6.45, 7) is 6.06. The normalized spacial score (nSPS) is 11.4. The van der Waals surface area contributed by atoms with Crippen LogP contribution in [0.5, 0.6) is 0 Å². The van der Waals surface area contributed by atoms with E-state index in [4.69, 9.17) is 11.6 Å². The lowest BCUT2D eigenvalue weighted by Crippen LogP contribution is -2.16. The fourth-order valence-electron chi connectivity index (χ4n) is 3.93. The highest BCUT2D eigenvalue weighted by Crippen LogP contribution is 2.26. The molecule has 0 aliphatic rings. The van der Waals surface area contributed by atoms with Crippen LogP contribution >= 0.6 is 23.4 Å². The van der Waals surface area contributed by atoms with Gasteiger partial charge >= 0.3 is 0 Å². The zero-order valence-electron chi connectivity index (χ0n) is 18.3. The van der Waals surface area contributed by atoms with Crippen molar-refractivity contribution in [2.75, 3.05) is 11.1 Å². The summed E-state index contributed by atoms with van der Waals surface area (Å²) in [5, 5.41) is 17.6. The number of carbonyl (C=O) groups is 1. The summed E-state index contributed by atoms with van der Waals surface area (Å²) >= 11 is 7.34. The molecule has 0 saturated carbocycles. The van der Waals surface area contributed by atoms with E-state index >= 15 is 0 Å². The minimum absolute atomic E-state index is 0.0812. The van der Waals surface area contributed by atoms with Gasteiger partial charge in [-0.1, -0.05) is 53.2 Å². The lowest BCUT2D eigenvalue weighted by atomic mass is 10.1. The second-order valence-corrected chi connectivity index (χ2v) is 9.33. The van der Waals surface area contributed by atoms with Gasteiger partial charge < -0.3 is 5.32 Å². The van der Waals surface area contributed by atoms with Crippen molar-refractivity contribution >= 4 is 46.1 Å². The van der Waals surface area contributed by atoms with Gasteiger partial charge in [-0.15, -0.1) is 10.2 Å². The van der Waals surface area contributed by atoms with Gasteiger partial charge in [0.15, 0.2) is 10.8 Å². The first-order valence-corrected chi connectivity index (χ1v) is 11.7. The molecular weight excluding hydrogens is 456 g/mol. The van der Waals surface area contributed by atoms with Crippen LogP contribution in [-0.2, 0) is 4.79 Å². The molecule has 1 amide bonds. The quantitative estimate of drug-likeness (QED) is 0.346. The fraction of sp³-hybridized carbons (Fsp3) is 0.167. The molecule has 0 fully saturated rings. The number of carbonyl (C=O) groups excluding carboxylic acids is 1. The van der Waals surface area contributed by atoms with Crippen LogP contribution in [0.2, 0.25) is 5.02 Å². The summed E-state index contributed by atoms with van der Waals surface area (Å²) in [5.74, 6) is 0.149. The first-order chi connectivity index (χ1) is 15.9. The van der Waals surface area contributed by atoms with E-state index in [1.165, 1.54) is 17.3 Å². The second kappa shape index (κ2) is 8.53. The van der Waals surface area contributed by atoms with Crippen LogP contribution in [0, 0.1) is 20.8 Å². The average Bonchev–Trinajstić information content (AvgIpc) is 3.39. The van der Waals surface area contributed by atoms with E-state index in [2.05, 4.69) is 32.7 Å². The van der Waals surface area contributed by atoms with Crippen molar-refractivity contribution in [1.29, 1.82) is 0 Å².